The average molecular weight is 436 g/mol. The fourth-order valence-corrected chi connectivity index (χ4v) is 4.01. The number of nitrogens with zero attached hydrogens (tertiary/aromatic N) is 2. The number of rotatable bonds is 7. The number of aromatic nitrogens is 3. The Bertz CT molecular complexity index is 1250. The molecule has 0 unspecified atom stereocenters. The van der Waals surface area contributed by atoms with Gasteiger partial charge in [-0.3, -0.25) is 4.79 Å². The number of aromatic amines is 1. The summed E-state index contributed by atoms with van der Waals surface area (Å²) in [4.78, 5) is 24.1. The van der Waals surface area contributed by atoms with Gasteiger partial charge in [-0.25, -0.2) is 9.97 Å². The maximum absolute atomic E-state index is 12.1. The fourth-order valence-electron chi connectivity index (χ4n) is 3.13. The summed E-state index contributed by atoms with van der Waals surface area (Å²) >= 11 is 1.39. The zero-order chi connectivity index (χ0) is 21.8. The van der Waals surface area contributed by atoms with Crippen molar-refractivity contribution in [2.75, 3.05) is 14.2 Å². The van der Waals surface area contributed by atoms with Crippen LogP contribution in [0.15, 0.2) is 69.0 Å². The van der Waals surface area contributed by atoms with Gasteiger partial charge in [-0.15, -0.1) is 0 Å². The van der Waals surface area contributed by atoms with Crippen molar-refractivity contribution in [2.45, 2.75) is 17.8 Å². The van der Waals surface area contributed by atoms with Crippen molar-refractivity contribution in [2.24, 2.45) is 0 Å². The van der Waals surface area contributed by atoms with Crippen molar-refractivity contribution < 1.29 is 13.9 Å². The highest BCUT2D eigenvalue weighted by Gasteiger charge is 2.18. The number of hydrogen-bond acceptors (Lipinski definition) is 7. The Kier molecular flexibility index (Phi) is 6.08. The normalized spacial score (nSPS) is 10.8. The summed E-state index contributed by atoms with van der Waals surface area (Å²) in [5.41, 5.74) is 2.79. The molecular weight excluding hydrogens is 414 g/mol. The van der Waals surface area contributed by atoms with Gasteiger partial charge in [-0.05, 0) is 19.1 Å². The first kappa shape index (κ1) is 20.7. The minimum absolute atomic E-state index is 0.199. The third-order valence-electron chi connectivity index (χ3n) is 4.66. The van der Waals surface area contributed by atoms with E-state index in [4.69, 9.17) is 13.9 Å². The van der Waals surface area contributed by atoms with E-state index in [0.29, 0.717) is 45.3 Å². The van der Waals surface area contributed by atoms with Crippen molar-refractivity contribution in [3.8, 4) is 34.2 Å². The van der Waals surface area contributed by atoms with Crippen LogP contribution < -0.4 is 15.0 Å². The molecule has 8 heteroatoms. The number of benzene rings is 2. The summed E-state index contributed by atoms with van der Waals surface area (Å²) in [7, 11) is 3.16. The second-order valence-corrected chi connectivity index (χ2v) is 7.62. The van der Waals surface area contributed by atoms with Gasteiger partial charge in [0.05, 0.1) is 31.2 Å². The van der Waals surface area contributed by atoms with Crippen LogP contribution >= 0.6 is 11.8 Å². The van der Waals surface area contributed by atoms with Crippen molar-refractivity contribution >= 4 is 11.8 Å². The maximum Gasteiger partial charge on any atom is 0.252 e. The van der Waals surface area contributed by atoms with Crippen LogP contribution in [0.5, 0.6) is 11.5 Å². The van der Waals surface area contributed by atoms with E-state index in [-0.39, 0.29) is 5.56 Å². The number of H-pyrrole nitrogens is 1. The highest BCUT2D eigenvalue weighted by Crippen LogP contribution is 2.38. The number of para-hydroxylation sites is 1. The number of methoxy groups -OCH3 is 2. The van der Waals surface area contributed by atoms with E-state index < -0.39 is 0 Å². The lowest BCUT2D eigenvalue weighted by atomic mass is 10.1. The van der Waals surface area contributed by atoms with Gasteiger partial charge in [-0.1, -0.05) is 48.2 Å². The topological polar surface area (TPSA) is 90.2 Å². The number of oxazole rings is 1. The first-order valence-electron chi connectivity index (χ1n) is 9.56. The van der Waals surface area contributed by atoms with Gasteiger partial charge in [-0.2, -0.15) is 0 Å². The van der Waals surface area contributed by atoms with Crippen LogP contribution in [0.3, 0.4) is 0 Å². The molecule has 0 spiro atoms. The molecule has 0 saturated heterocycles. The lowest BCUT2D eigenvalue weighted by Gasteiger charge is -2.09. The van der Waals surface area contributed by atoms with Gasteiger partial charge in [0, 0.05) is 17.4 Å². The summed E-state index contributed by atoms with van der Waals surface area (Å²) in [6, 6.07) is 16.6. The summed E-state index contributed by atoms with van der Waals surface area (Å²) in [6.45, 7) is 1.86. The molecule has 0 radical (unpaired) electrons. The largest absolute Gasteiger partial charge is 0.493 e. The molecule has 7 nitrogen and oxygen atoms in total. The molecular formula is C23H21N3O4S. The average Bonchev–Trinajstić information content (AvgIpc) is 3.17. The fraction of sp³-hybridized carbons (Fsp3) is 0.174. The molecule has 0 aliphatic carbocycles. The summed E-state index contributed by atoms with van der Waals surface area (Å²) in [6.07, 6.45) is 0. The van der Waals surface area contributed by atoms with Crippen LogP contribution in [0.4, 0.5) is 0 Å². The third-order valence-corrected chi connectivity index (χ3v) is 5.55. The maximum atomic E-state index is 12.1. The molecule has 2 aromatic carbocycles. The van der Waals surface area contributed by atoms with Gasteiger partial charge in [0.1, 0.15) is 5.76 Å². The Morgan fingerprint density at radius 2 is 1.84 bits per heavy atom. The van der Waals surface area contributed by atoms with Crippen molar-refractivity contribution in [1.29, 1.82) is 0 Å². The lowest BCUT2D eigenvalue weighted by molar-refractivity contribution is 0.355. The first-order valence-corrected chi connectivity index (χ1v) is 10.5. The monoisotopic (exact) mass is 435 g/mol. The van der Waals surface area contributed by atoms with E-state index in [1.54, 1.807) is 14.2 Å². The summed E-state index contributed by atoms with van der Waals surface area (Å²) < 4.78 is 16.7. The summed E-state index contributed by atoms with van der Waals surface area (Å²) in [5, 5.41) is 0.522. The molecule has 2 heterocycles. The second kappa shape index (κ2) is 9.09. The predicted octanol–water partition coefficient (Wildman–Crippen LogP) is 4.71. The van der Waals surface area contributed by atoms with E-state index in [1.807, 2.05) is 55.5 Å². The Hall–Kier alpha value is -3.52. The van der Waals surface area contributed by atoms with E-state index >= 15 is 0 Å². The van der Waals surface area contributed by atoms with Crippen molar-refractivity contribution in [3.63, 3.8) is 0 Å². The van der Waals surface area contributed by atoms with Gasteiger partial charge in [0.25, 0.3) is 5.56 Å². The lowest BCUT2D eigenvalue weighted by Crippen LogP contribution is -2.08. The van der Waals surface area contributed by atoms with Crippen LogP contribution in [-0.4, -0.2) is 29.2 Å². The van der Waals surface area contributed by atoms with Gasteiger partial charge >= 0.3 is 0 Å². The Morgan fingerprint density at radius 1 is 1.03 bits per heavy atom. The zero-order valence-corrected chi connectivity index (χ0v) is 18.2. The van der Waals surface area contributed by atoms with Gasteiger partial charge < -0.3 is 18.9 Å². The van der Waals surface area contributed by atoms with E-state index in [1.165, 1.54) is 17.8 Å². The minimum atomic E-state index is -0.199. The van der Waals surface area contributed by atoms with Crippen LogP contribution in [0.2, 0.25) is 0 Å². The Labute approximate surface area is 183 Å². The predicted molar refractivity (Wildman–Crippen MR) is 120 cm³/mol. The van der Waals surface area contributed by atoms with Crippen LogP contribution in [0.25, 0.3) is 22.7 Å². The quantitative estimate of drug-likeness (QED) is 0.332. The second-order valence-electron chi connectivity index (χ2n) is 6.65. The molecule has 0 amide bonds. The highest BCUT2D eigenvalue weighted by molar-refractivity contribution is 7.98. The first-order chi connectivity index (χ1) is 15.1. The molecule has 4 aromatic rings. The Balaban J connectivity index is 1.58. The smallest absolute Gasteiger partial charge is 0.252 e. The third kappa shape index (κ3) is 4.49. The number of nitrogens with one attached hydrogen (secondary N) is 1. The molecule has 0 saturated carbocycles. The van der Waals surface area contributed by atoms with Crippen LogP contribution in [-0.2, 0) is 5.75 Å². The highest BCUT2D eigenvalue weighted by atomic mass is 32.2. The molecule has 0 aliphatic heterocycles. The van der Waals surface area contributed by atoms with Crippen molar-refractivity contribution in [3.05, 3.63) is 76.4 Å². The van der Waals surface area contributed by atoms with Gasteiger partial charge in [0.2, 0.25) is 5.89 Å². The molecule has 0 atom stereocenters. The van der Waals surface area contributed by atoms with Gasteiger partial charge in [0.15, 0.2) is 16.7 Å². The minimum Gasteiger partial charge on any atom is -0.493 e. The standard InChI is InChI=1S/C23H21N3O4S/c1-14-18(24-22(30-14)16-10-7-11-19(28-2)21(16)29-3)13-31-23-25-17(12-20(27)26-23)15-8-5-4-6-9-15/h4-12H,13H2,1-3H3,(H,25,26,27). The number of aryl methyl sites for hydroxylation is 1. The molecule has 4 rings (SSSR count). The molecule has 31 heavy (non-hydrogen) atoms. The summed E-state index contributed by atoms with van der Waals surface area (Å²) in [5.74, 6) is 2.79. The van der Waals surface area contributed by atoms with E-state index in [9.17, 15) is 4.79 Å². The molecule has 0 bridgehead atoms. The van der Waals surface area contributed by atoms with Crippen LogP contribution in [0, 0.1) is 6.92 Å². The number of ether oxygens (including phenoxy) is 2. The zero-order valence-electron chi connectivity index (χ0n) is 17.3. The molecule has 1 N–H and O–H groups in total. The Morgan fingerprint density at radius 3 is 2.58 bits per heavy atom. The number of hydrogen-bond donors (Lipinski definition) is 1. The van der Waals surface area contributed by atoms with E-state index in [2.05, 4.69) is 15.0 Å². The molecule has 0 aliphatic rings. The molecule has 158 valence electrons. The van der Waals surface area contributed by atoms with E-state index in [0.717, 1.165) is 11.3 Å². The molecule has 2 aromatic heterocycles. The molecule has 0 fully saturated rings. The van der Waals surface area contributed by atoms with Crippen LogP contribution in [0.1, 0.15) is 11.5 Å². The SMILES string of the molecule is COc1cccc(-c2nc(CSc3nc(-c4ccccc4)cc(=O)[nH]3)c(C)o2)c1OC. The number of thioether (sulfide) groups is 1. The van der Waals surface area contributed by atoms with Crippen molar-refractivity contribution in [1.82, 2.24) is 15.0 Å².